The standard InChI is InChI=1S/C20H20ClN3O3S2/c21-15-6-9-17-19(12-15)28-20(23-17)22-13-18(25)14-4-7-16(8-5-14)29(26,27)24-10-2-1-3-11-24/h4-9,12H,1-3,10-11,13H2,(H,22,23). The van der Waals surface area contributed by atoms with Crippen molar-refractivity contribution in [2.75, 3.05) is 25.0 Å². The third kappa shape index (κ3) is 4.45. The summed E-state index contributed by atoms with van der Waals surface area (Å²) >= 11 is 7.41. The predicted octanol–water partition coefficient (Wildman–Crippen LogP) is 4.42. The number of carbonyl (C=O) groups is 1. The maximum atomic E-state index is 12.7. The molecule has 0 bridgehead atoms. The number of sulfonamides is 1. The summed E-state index contributed by atoms with van der Waals surface area (Å²) in [4.78, 5) is 17.1. The fourth-order valence-corrected chi connectivity index (χ4v) is 5.95. The van der Waals surface area contributed by atoms with E-state index in [0.29, 0.717) is 28.8 Å². The van der Waals surface area contributed by atoms with E-state index in [2.05, 4.69) is 10.3 Å². The van der Waals surface area contributed by atoms with Gasteiger partial charge in [0.2, 0.25) is 10.0 Å². The number of benzene rings is 2. The Kier molecular flexibility index (Phi) is 5.87. The number of ketones is 1. The van der Waals surface area contributed by atoms with Crippen LogP contribution in [0.3, 0.4) is 0 Å². The minimum atomic E-state index is -3.49. The van der Waals surface area contributed by atoms with Crippen molar-refractivity contribution >= 4 is 54.1 Å². The summed E-state index contributed by atoms with van der Waals surface area (Å²) in [7, 11) is -3.49. The molecule has 0 spiro atoms. The first-order valence-electron chi connectivity index (χ1n) is 9.37. The Balaban J connectivity index is 1.42. The average molecular weight is 450 g/mol. The summed E-state index contributed by atoms with van der Waals surface area (Å²) < 4.78 is 27.9. The van der Waals surface area contributed by atoms with E-state index in [1.54, 1.807) is 18.2 Å². The highest BCUT2D eigenvalue weighted by Gasteiger charge is 2.25. The Labute approximate surface area is 178 Å². The molecule has 1 N–H and O–H groups in total. The Morgan fingerprint density at radius 2 is 1.83 bits per heavy atom. The van der Waals surface area contributed by atoms with Gasteiger partial charge in [-0.1, -0.05) is 29.4 Å². The van der Waals surface area contributed by atoms with Gasteiger partial charge in [-0.05, 0) is 55.3 Å². The van der Waals surface area contributed by atoms with Crippen LogP contribution in [0.2, 0.25) is 5.02 Å². The molecule has 1 fully saturated rings. The number of Topliss-reactive ketones (excluding diaryl/α,β-unsaturated/α-hetero) is 1. The molecule has 4 rings (SSSR count). The molecule has 2 aromatic carbocycles. The van der Waals surface area contributed by atoms with Crippen LogP contribution in [-0.2, 0) is 10.0 Å². The molecule has 0 aliphatic carbocycles. The molecule has 3 aromatic rings. The van der Waals surface area contributed by atoms with Crippen molar-refractivity contribution in [1.29, 1.82) is 0 Å². The molecule has 1 saturated heterocycles. The number of nitrogens with one attached hydrogen (secondary N) is 1. The summed E-state index contributed by atoms with van der Waals surface area (Å²) in [6.45, 7) is 1.19. The molecule has 1 aliphatic rings. The molecule has 0 amide bonds. The van der Waals surface area contributed by atoms with Crippen molar-refractivity contribution in [2.45, 2.75) is 24.2 Å². The minimum Gasteiger partial charge on any atom is -0.354 e. The largest absolute Gasteiger partial charge is 0.354 e. The Bertz CT molecular complexity index is 1140. The number of hydrogen-bond donors (Lipinski definition) is 1. The molecule has 2 heterocycles. The maximum Gasteiger partial charge on any atom is 0.243 e. The summed E-state index contributed by atoms with van der Waals surface area (Å²) in [5, 5.41) is 4.32. The van der Waals surface area contributed by atoms with Crippen LogP contribution in [0.1, 0.15) is 29.6 Å². The monoisotopic (exact) mass is 449 g/mol. The number of aromatic nitrogens is 1. The highest BCUT2D eigenvalue weighted by Crippen LogP contribution is 2.28. The van der Waals surface area contributed by atoms with Crippen LogP contribution in [-0.4, -0.2) is 43.1 Å². The van der Waals surface area contributed by atoms with Crippen LogP contribution in [0.4, 0.5) is 5.13 Å². The molecule has 0 radical (unpaired) electrons. The lowest BCUT2D eigenvalue weighted by molar-refractivity contribution is 0.101. The second kappa shape index (κ2) is 8.39. The van der Waals surface area contributed by atoms with Gasteiger partial charge in [-0.25, -0.2) is 13.4 Å². The Morgan fingerprint density at radius 3 is 2.55 bits per heavy atom. The molecular formula is C20H20ClN3O3S2. The number of fused-ring (bicyclic) bond motifs is 1. The summed E-state index contributed by atoms with van der Waals surface area (Å²) in [6, 6.07) is 11.6. The fourth-order valence-electron chi connectivity index (χ4n) is 3.30. The second-order valence-electron chi connectivity index (χ2n) is 6.90. The summed E-state index contributed by atoms with van der Waals surface area (Å²) in [5.41, 5.74) is 1.28. The Morgan fingerprint density at radius 1 is 1.10 bits per heavy atom. The number of thiazole rings is 1. The van der Waals surface area contributed by atoms with Crippen LogP contribution in [0, 0.1) is 0 Å². The van der Waals surface area contributed by atoms with Crippen molar-refractivity contribution in [1.82, 2.24) is 9.29 Å². The van der Waals surface area contributed by atoms with Gasteiger partial charge in [0.05, 0.1) is 21.7 Å². The van der Waals surface area contributed by atoms with Crippen molar-refractivity contribution < 1.29 is 13.2 Å². The highest BCUT2D eigenvalue weighted by atomic mass is 35.5. The van der Waals surface area contributed by atoms with Gasteiger partial charge in [0.25, 0.3) is 0 Å². The first-order chi connectivity index (χ1) is 13.9. The maximum absolute atomic E-state index is 12.7. The van der Waals surface area contributed by atoms with E-state index in [0.717, 1.165) is 29.5 Å². The summed E-state index contributed by atoms with van der Waals surface area (Å²) in [5.74, 6) is -0.135. The quantitative estimate of drug-likeness (QED) is 0.563. The summed E-state index contributed by atoms with van der Waals surface area (Å²) in [6.07, 6.45) is 2.84. The SMILES string of the molecule is O=C(CNc1nc2ccc(Cl)cc2s1)c1ccc(S(=O)(=O)N2CCCCC2)cc1. The van der Waals surface area contributed by atoms with Crippen LogP contribution in [0.15, 0.2) is 47.4 Å². The molecule has 0 saturated carbocycles. The van der Waals surface area contributed by atoms with Gasteiger partial charge in [-0.2, -0.15) is 4.31 Å². The molecule has 29 heavy (non-hydrogen) atoms. The Hall–Kier alpha value is -2.00. The topological polar surface area (TPSA) is 79.4 Å². The number of hydrogen-bond acceptors (Lipinski definition) is 6. The first kappa shape index (κ1) is 20.3. The molecule has 0 unspecified atom stereocenters. The fraction of sp³-hybridized carbons (Fsp3) is 0.300. The number of halogens is 1. The first-order valence-corrected chi connectivity index (χ1v) is 12.0. The van der Waals surface area contributed by atoms with E-state index in [9.17, 15) is 13.2 Å². The third-order valence-corrected chi connectivity index (χ3v) is 8.00. The lowest BCUT2D eigenvalue weighted by atomic mass is 10.1. The van der Waals surface area contributed by atoms with Gasteiger partial charge >= 0.3 is 0 Å². The van der Waals surface area contributed by atoms with Crippen LogP contribution in [0.25, 0.3) is 10.2 Å². The van der Waals surface area contributed by atoms with Gasteiger partial charge in [-0.15, -0.1) is 0 Å². The van der Waals surface area contributed by atoms with E-state index in [-0.39, 0.29) is 17.2 Å². The van der Waals surface area contributed by atoms with Gasteiger partial charge < -0.3 is 5.32 Å². The average Bonchev–Trinajstić information content (AvgIpc) is 3.14. The van der Waals surface area contributed by atoms with Gasteiger partial charge in [0.1, 0.15) is 0 Å². The van der Waals surface area contributed by atoms with E-state index in [4.69, 9.17) is 11.6 Å². The third-order valence-electron chi connectivity index (χ3n) is 4.88. The number of piperidine rings is 1. The van der Waals surface area contributed by atoms with Crippen molar-refractivity contribution in [3.63, 3.8) is 0 Å². The molecule has 6 nitrogen and oxygen atoms in total. The number of rotatable bonds is 6. The minimum absolute atomic E-state index is 0.0752. The van der Waals surface area contributed by atoms with Crippen LogP contribution < -0.4 is 5.32 Å². The van der Waals surface area contributed by atoms with Crippen molar-refractivity contribution in [3.05, 3.63) is 53.1 Å². The lowest BCUT2D eigenvalue weighted by Gasteiger charge is -2.25. The zero-order valence-electron chi connectivity index (χ0n) is 15.6. The van der Waals surface area contributed by atoms with Crippen molar-refractivity contribution in [2.24, 2.45) is 0 Å². The molecule has 152 valence electrons. The van der Waals surface area contributed by atoms with Crippen LogP contribution >= 0.6 is 22.9 Å². The number of carbonyl (C=O) groups excluding carboxylic acids is 1. The molecule has 1 aromatic heterocycles. The predicted molar refractivity (Wildman–Crippen MR) is 117 cm³/mol. The van der Waals surface area contributed by atoms with E-state index >= 15 is 0 Å². The van der Waals surface area contributed by atoms with Crippen LogP contribution in [0.5, 0.6) is 0 Å². The lowest BCUT2D eigenvalue weighted by Crippen LogP contribution is -2.35. The van der Waals surface area contributed by atoms with Gasteiger partial charge in [0, 0.05) is 23.7 Å². The smallest absolute Gasteiger partial charge is 0.243 e. The normalized spacial score (nSPS) is 15.5. The number of anilines is 1. The van der Waals surface area contributed by atoms with Gasteiger partial charge in [-0.3, -0.25) is 4.79 Å². The molecular weight excluding hydrogens is 430 g/mol. The zero-order chi connectivity index (χ0) is 20.4. The molecule has 9 heteroatoms. The molecule has 1 aliphatic heterocycles. The second-order valence-corrected chi connectivity index (χ2v) is 10.3. The molecule has 0 atom stereocenters. The highest BCUT2D eigenvalue weighted by molar-refractivity contribution is 7.89. The van der Waals surface area contributed by atoms with E-state index in [1.807, 2.05) is 12.1 Å². The van der Waals surface area contributed by atoms with Crippen molar-refractivity contribution in [3.8, 4) is 0 Å². The van der Waals surface area contributed by atoms with Gasteiger partial charge in [0.15, 0.2) is 10.9 Å². The van der Waals surface area contributed by atoms with E-state index in [1.165, 1.54) is 27.8 Å². The van der Waals surface area contributed by atoms with E-state index < -0.39 is 10.0 Å². The number of nitrogens with zero attached hydrogens (tertiary/aromatic N) is 2. The zero-order valence-corrected chi connectivity index (χ0v) is 18.0.